The van der Waals surface area contributed by atoms with Gasteiger partial charge in [-0.3, -0.25) is 14.4 Å². The zero-order valence-corrected chi connectivity index (χ0v) is 23.0. The van der Waals surface area contributed by atoms with Gasteiger partial charge in [-0.1, -0.05) is 54.0 Å². The molecule has 0 saturated heterocycles. The van der Waals surface area contributed by atoms with E-state index in [0.29, 0.717) is 32.1 Å². The number of carboxylic acid groups (broad SMARTS) is 1. The number of hydrogen-bond acceptors (Lipinski definition) is 6. The highest BCUT2D eigenvalue weighted by atomic mass is 16.4. The zero-order valence-electron chi connectivity index (χ0n) is 23.0. The van der Waals surface area contributed by atoms with Crippen LogP contribution >= 0.6 is 0 Å². The van der Waals surface area contributed by atoms with Gasteiger partial charge >= 0.3 is 0 Å². The van der Waals surface area contributed by atoms with Gasteiger partial charge < -0.3 is 15.0 Å². The molecule has 4 aliphatic carbocycles. The highest BCUT2D eigenvalue weighted by molar-refractivity contribution is 6.00. The molecule has 200 valence electrons. The summed E-state index contributed by atoms with van der Waals surface area (Å²) < 4.78 is 0. The van der Waals surface area contributed by atoms with Crippen molar-refractivity contribution in [3.63, 3.8) is 0 Å². The summed E-state index contributed by atoms with van der Waals surface area (Å²) in [4.78, 5) is 50.6. The molecule has 0 aromatic heterocycles. The minimum Gasteiger partial charge on any atom is -0.550 e. The molecule has 1 unspecified atom stereocenters. The fourth-order valence-corrected chi connectivity index (χ4v) is 9.26. The molecule has 8 atom stereocenters. The number of carbonyl (C=O) groups is 4. The molecule has 0 bridgehead atoms. The van der Waals surface area contributed by atoms with E-state index >= 15 is 0 Å². The minimum absolute atomic E-state index is 0.0346. The van der Waals surface area contributed by atoms with Crippen LogP contribution < -0.4 is 5.11 Å². The number of carbonyl (C=O) groups excluding carboxylic acids is 4. The fraction of sp³-hybridized carbons (Fsp3) is 0.800. The van der Waals surface area contributed by atoms with Gasteiger partial charge in [0.2, 0.25) is 0 Å². The molecule has 4 aliphatic rings. The second-order valence-electron chi connectivity index (χ2n) is 13.7. The van der Waals surface area contributed by atoms with Gasteiger partial charge in [-0.15, -0.1) is 0 Å². The first-order valence-corrected chi connectivity index (χ1v) is 13.7. The third-order valence-corrected chi connectivity index (χ3v) is 11.5. The van der Waals surface area contributed by atoms with E-state index in [-0.39, 0.29) is 53.4 Å². The van der Waals surface area contributed by atoms with Crippen molar-refractivity contribution in [1.82, 2.24) is 0 Å². The van der Waals surface area contributed by atoms with Crippen LogP contribution in [-0.2, 0) is 19.2 Å². The maximum atomic E-state index is 14.0. The highest BCUT2D eigenvalue weighted by Crippen LogP contribution is 2.71. The van der Waals surface area contributed by atoms with Gasteiger partial charge in [0.25, 0.3) is 0 Å². The first-order chi connectivity index (χ1) is 16.5. The van der Waals surface area contributed by atoms with Gasteiger partial charge in [0.15, 0.2) is 5.78 Å². The van der Waals surface area contributed by atoms with E-state index in [4.69, 9.17) is 0 Å². The summed E-state index contributed by atoms with van der Waals surface area (Å²) in [5.41, 5.74) is 0.0605. The number of fused-ring (bicyclic) bond motifs is 4. The maximum Gasteiger partial charge on any atom is 0.159 e. The van der Waals surface area contributed by atoms with Gasteiger partial charge in [0, 0.05) is 59.4 Å². The number of ketones is 3. The van der Waals surface area contributed by atoms with E-state index in [1.165, 1.54) is 6.92 Å². The smallest absolute Gasteiger partial charge is 0.159 e. The van der Waals surface area contributed by atoms with Crippen LogP contribution in [0.1, 0.15) is 99.8 Å². The van der Waals surface area contributed by atoms with Crippen molar-refractivity contribution in [2.24, 2.45) is 45.3 Å². The van der Waals surface area contributed by atoms with Crippen molar-refractivity contribution in [2.75, 3.05) is 0 Å². The van der Waals surface area contributed by atoms with Crippen LogP contribution in [0, 0.1) is 45.3 Å². The average molecular weight is 500 g/mol. The van der Waals surface area contributed by atoms with Crippen molar-refractivity contribution in [1.29, 1.82) is 0 Å². The van der Waals surface area contributed by atoms with E-state index in [1.54, 1.807) is 0 Å². The second kappa shape index (κ2) is 8.61. The first kappa shape index (κ1) is 27.2. The van der Waals surface area contributed by atoms with Gasteiger partial charge in [0.1, 0.15) is 11.6 Å². The molecule has 36 heavy (non-hydrogen) atoms. The number of aliphatic hydroxyl groups excluding tert-OH is 1. The van der Waals surface area contributed by atoms with Gasteiger partial charge in [-0.25, -0.2) is 0 Å². The molecule has 0 aromatic rings. The molecule has 0 aromatic carbocycles. The predicted molar refractivity (Wildman–Crippen MR) is 133 cm³/mol. The Morgan fingerprint density at radius 2 is 1.69 bits per heavy atom. The summed E-state index contributed by atoms with van der Waals surface area (Å²) in [6.45, 7) is 13.9. The summed E-state index contributed by atoms with van der Waals surface area (Å²) in [5, 5.41) is 22.7. The number of aliphatic hydroxyl groups is 1. The topological polar surface area (TPSA) is 112 Å². The molecule has 0 radical (unpaired) electrons. The summed E-state index contributed by atoms with van der Waals surface area (Å²) in [5.74, 6) is -1.75. The molecule has 0 heterocycles. The first-order valence-electron chi connectivity index (χ1n) is 13.7. The van der Waals surface area contributed by atoms with Gasteiger partial charge in [-0.05, 0) is 48.9 Å². The lowest BCUT2D eigenvalue weighted by molar-refractivity contribution is -0.311. The third kappa shape index (κ3) is 3.60. The summed E-state index contributed by atoms with van der Waals surface area (Å²) in [6, 6.07) is 0. The van der Waals surface area contributed by atoms with Crippen molar-refractivity contribution >= 4 is 23.3 Å². The van der Waals surface area contributed by atoms with Crippen molar-refractivity contribution in [3.05, 3.63) is 11.1 Å². The second-order valence-corrected chi connectivity index (χ2v) is 13.7. The molecule has 2 fully saturated rings. The van der Waals surface area contributed by atoms with Crippen LogP contribution in [0.2, 0.25) is 0 Å². The van der Waals surface area contributed by atoms with Crippen LogP contribution in [0.5, 0.6) is 0 Å². The van der Waals surface area contributed by atoms with E-state index < -0.39 is 34.2 Å². The average Bonchev–Trinajstić information content (AvgIpc) is 2.97. The Morgan fingerprint density at radius 1 is 1.06 bits per heavy atom. The molecule has 2 saturated carbocycles. The third-order valence-electron chi connectivity index (χ3n) is 11.5. The van der Waals surface area contributed by atoms with E-state index in [2.05, 4.69) is 20.8 Å². The van der Waals surface area contributed by atoms with E-state index in [9.17, 15) is 29.4 Å². The van der Waals surface area contributed by atoms with E-state index in [1.807, 2.05) is 20.8 Å². The molecular formula is C30H43O6-. The summed E-state index contributed by atoms with van der Waals surface area (Å²) in [6.07, 6.45) is 3.11. The molecule has 0 aliphatic heterocycles. The molecule has 4 rings (SSSR count). The minimum atomic E-state index is -1.22. The van der Waals surface area contributed by atoms with Crippen LogP contribution in [-0.4, -0.2) is 34.5 Å². The number of hydrogen-bond donors (Lipinski definition) is 1. The van der Waals surface area contributed by atoms with Crippen molar-refractivity contribution in [2.45, 2.75) is 106 Å². The normalized spacial score (nSPS) is 41.3. The molecule has 6 heteroatoms. The summed E-state index contributed by atoms with van der Waals surface area (Å²) in [7, 11) is 0. The monoisotopic (exact) mass is 499 g/mol. The van der Waals surface area contributed by atoms with E-state index in [0.717, 1.165) is 17.6 Å². The van der Waals surface area contributed by atoms with Gasteiger partial charge in [0.05, 0.1) is 6.10 Å². The molecule has 1 N–H and O–H groups in total. The zero-order chi connectivity index (χ0) is 27.0. The number of carboxylic acids is 1. The number of Topliss-reactive ketones (excluding diaryl/α,β-unsaturated/α-hetero) is 3. The lowest BCUT2D eigenvalue weighted by atomic mass is 9.43. The Hall–Kier alpha value is -1.82. The quantitative estimate of drug-likeness (QED) is 0.595. The lowest BCUT2D eigenvalue weighted by Gasteiger charge is -2.60. The number of allylic oxidation sites excluding steroid dienone is 1. The van der Waals surface area contributed by atoms with Crippen LogP contribution in [0.4, 0.5) is 0 Å². The Kier molecular flexibility index (Phi) is 6.51. The maximum absolute atomic E-state index is 14.0. The lowest BCUT2D eigenvalue weighted by Crippen LogP contribution is -2.57. The Balaban J connectivity index is 1.70. The Morgan fingerprint density at radius 3 is 2.31 bits per heavy atom. The highest BCUT2D eigenvalue weighted by Gasteiger charge is 2.68. The van der Waals surface area contributed by atoms with Crippen LogP contribution in [0.3, 0.4) is 0 Å². The molecule has 0 amide bonds. The Labute approximate surface area is 215 Å². The largest absolute Gasteiger partial charge is 0.550 e. The standard InChI is InChI=1S/C30H44O6/c1-16(12-18(31)13-17(2)26(35)36)20-14-24(34)30(7)19-8-9-22-27(3,4)23(33)10-11-28(22,5)25(19)21(32)15-29(20,30)6/h16-17,20,22,24,34H,8-15H2,1-7H3,(H,35,36)/p-1/t16-,17?,20-,22+,24+,28+,29-,30-/m1/s1. The summed E-state index contributed by atoms with van der Waals surface area (Å²) >= 11 is 0. The number of aliphatic carboxylic acids is 1. The number of rotatable bonds is 6. The Bertz CT molecular complexity index is 1040. The van der Waals surface area contributed by atoms with Crippen LogP contribution in [0.25, 0.3) is 0 Å². The van der Waals surface area contributed by atoms with Gasteiger partial charge in [-0.2, -0.15) is 0 Å². The van der Waals surface area contributed by atoms with Crippen LogP contribution in [0.15, 0.2) is 11.1 Å². The molecular weight excluding hydrogens is 456 g/mol. The molecule has 0 spiro atoms. The molecule has 6 nitrogen and oxygen atoms in total. The SMILES string of the molecule is CC(CC(=O)C[C@@H](C)[C@H]1C[C@H](O)[C@@]2(C)C3=C(C(=O)C[C@]12C)[C@@]1(C)CCC(=O)C(C)(C)[C@@H]1CC3)C(=O)[O-]. The van der Waals surface area contributed by atoms with Crippen molar-refractivity contribution in [3.8, 4) is 0 Å². The predicted octanol–water partition coefficient (Wildman–Crippen LogP) is 3.83. The van der Waals surface area contributed by atoms with Crippen molar-refractivity contribution < 1.29 is 29.4 Å². The fourth-order valence-electron chi connectivity index (χ4n) is 9.26.